The number of furan rings is 1. The lowest BCUT2D eigenvalue weighted by atomic mass is 10.2. The van der Waals surface area contributed by atoms with Gasteiger partial charge in [0.15, 0.2) is 12.3 Å². The summed E-state index contributed by atoms with van der Waals surface area (Å²) in [6, 6.07) is 12.1. The lowest BCUT2D eigenvalue weighted by Gasteiger charge is -2.31. The largest absolute Gasteiger partial charge is 0.459 e. The number of rotatable bonds is 6. The number of hydrogen-bond acceptors (Lipinski definition) is 5. The number of nitrogens with one attached hydrogen (secondary N) is 3. The minimum atomic E-state index is -3.38. The van der Waals surface area contributed by atoms with Gasteiger partial charge in [-0.3, -0.25) is 20.4 Å². The molecule has 0 unspecified atom stereocenters. The van der Waals surface area contributed by atoms with Crippen LogP contribution in [-0.4, -0.2) is 57.3 Å². The maximum atomic E-state index is 12.6. The molecule has 0 atom stereocenters. The Morgan fingerprint density at radius 1 is 1.04 bits per heavy atom. The van der Waals surface area contributed by atoms with Gasteiger partial charge >= 0.3 is 5.91 Å². The molecule has 2 heterocycles. The Hall–Kier alpha value is -2.69. The van der Waals surface area contributed by atoms with E-state index in [9.17, 15) is 18.0 Å². The number of hydrogen-bond donors (Lipinski definition) is 3. The van der Waals surface area contributed by atoms with Crippen LogP contribution in [0.1, 0.15) is 16.1 Å². The number of piperazine rings is 1. The van der Waals surface area contributed by atoms with Crippen molar-refractivity contribution < 1.29 is 27.3 Å². The van der Waals surface area contributed by atoms with Gasteiger partial charge in [-0.15, -0.1) is 0 Å². The van der Waals surface area contributed by atoms with E-state index in [0.717, 1.165) is 10.5 Å². The zero-order valence-electron chi connectivity index (χ0n) is 15.3. The molecule has 150 valence electrons. The van der Waals surface area contributed by atoms with Gasteiger partial charge in [0.1, 0.15) is 0 Å². The van der Waals surface area contributed by atoms with E-state index in [4.69, 9.17) is 4.42 Å². The van der Waals surface area contributed by atoms with Crippen molar-refractivity contribution in [3.8, 4) is 0 Å². The SMILES string of the molecule is O=C(C[NH+]1CCN(S(=O)(=O)Cc2ccccc2)CC1)NNC(=O)c1ccco1. The molecule has 9 nitrogen and oxygen atoms in total. The van der Waals surface area contributed by atoms with Crippen molar-refractivity contribution in [3.05, 3.63) is 60.1 Å². The van der Waals surface area contributed by atoms with Crippen LogP contribution in [-0.2, 0) is 20.6 Å². The predicted molar refractivity (Wildman–Crippen MR) is 101 cm³/mol. The summed E-state index contributed by atoms with van der Waals surface area (Å²) in [5, 5.41) is 0. The highest BCUT2D eigenvalue weighted by molar-refractivity contribution is 7.88. The van der Waals surface area contributed by atoms with Crippen LogP contribution in [0.15, 0.2) is 53.1 Å². The fourth-order valence-corrected chi connectivity index (χ4v) is 4.54. The molecule has 10 heteroatoms. The van der Waals surface area contributed by atoms with E-state index in [1.54, 1.807) is 18.2 Å². The summed E-state index contributed by atoms with van der Waals surface area (Å²) in [5.74, 6) is -0.812. The van der Waals surface area contributed by atoms with Crippen molar-refractivity contribution in [2.45, 2.75) is 5.75 Å². The smallest absolute Gasteiger partial charge is 0.305 e. The van der Waals surface area contributed by atoms with Crippen LogP contribution in [0.4, 0.5) is 0 Å². The number of benzene rings is 1. The highest BCUT2D eigenvalue weighted by atomic mass is 32.2. The average Bonchev–Trinajstić information content (AvgIpc) is 3.22. The molecule has 1 saturated heterocycles. The van der Waals surface area contributed by atoms with Crippen molar-refractivity contribution in [1.29, 1.82) is 0 Å². The maximum Gasteiger partial charge on any atom is 0.305 e. The number of hydrazine groups is 1. The monoisotopic (exact) mass is 407 g/mol. The van der Waals surface area contributed by atoms with Gasteiger partial charge < -0.3 is 9.32 Å². The Morgan fingerprint density at radius 3 is 2.39 bits per heavy atom. The quantitative estimate of drug-likeness (QED) is 0.519. The summed E-state index contributed by atoms with van der Waals surface area (Å²) in [6.45, 7) is 1.90. The number of carbonyl (C=O) groups is 2. The first kappa shape index (κ1) is 20.1. The van der Waals surface area contributed by atoms with E-state index >= 15 is 0 Å². The number of sulfonamides is 1. The van der Waals surface area contributed by atoms with E-state index in [-0.39, 0.29) is 24.0 Å². The second-order valence-electron chi connectivity index (χ2n) is 6.55. The molecule has 0 aliphatic carbocycles. The molecule has 0 bridgehead atoms. The third-order valence-electron chi connectivity index (χ3n) is 4.49. The van der Waals surface area contributed by atoms with Gasteiger partial charge in [-0.05, 0) is 17.7 Å². The summed E-state index contributed by atoms with van der Waals surface area (Å²) < 4.78 is 31.5. The zero-order chi connectivity index (χ0) is 20.0. The Labute approximate surface area is 163 Å². The zero-order valence-corrected chi connectivity index (χ0v) is 16.1. The van der Waals surface area contributed by atoms with Crippen molar-refractivity contribution in [3.63, 3.8) is 0 Å². The summed E-state index contributed by atoms with van der Waals surface area (Å²) in [5.41, 5.74) is 5.38. The third-order valence-corrected chi connectivity index (χ3v) is 6.34. The normalized spacial score (nSPS) is 15.9. The second-order valence-corrected chi connectivity index (χ2v) is 8.52. The van der Waals surface area contributed by atoms with Crippen molar-refractivity contribution in [1.82, 2.24) is 15.2 Å². The van der Waals surface area contributed by atoms with Crippen molar-refractivity contribution >= 4 is 21.8 Å². The summed E-state index contributed by atoms with van der Waals surface area (Å²) >= 11 is 0. The van der Waals surface area contributed by atoms with Crippen LogP contribution in [0.25, 0.3) is 0 Å². The molecule has 1 aromatic carbocycles. The van der Waals surface area contributed by atoms with E-state index in [0.29, 0.717) is 26.2 Å². The van der Waals surface area contributed by atoms with E-state index < -0.39 is 15.9 Å². The summed E-state index contributed by atoms with van der Waals surface area (Å²) in [4.78, 5) is 24.7. The number of nitrogens with zero attached hydrogens (tertiary/aromatic N) is 1. The molecular weight excluding hydrogens is 384 g/mol. The first-order valence-electron chi connectivity index (χ1n) is 8.92. The molecule has 1 aliphatic heterocycles. The molecule has 0 spiro atoms. The topological polar surface area (TPSA) is 113 Å². The van der Waals surface area contributed by atoms with Crippen molar-refractivity contribution in [2.75, 3.05) is 32.7 Å². The standard InChI is InChI=1S/C18H22N4O5S/c23-17(19-20-18(24)16-7-4-12-27-16)13-21-8-10-22(11-9-21)28(25,26)14-15-5-2-1-3-6-15/h1-7,12H,8-11,13-14H2,(H,19,23)(H,20,24)/p+1. The van der Waals surface area contributed by atoms with Gasteiger partial charge in [0, 0.05) is 0 Å². The third kappa shape index (κ3) is 5.41. The van der Waals surface area contributed by atoms with Crippen LogP contribution < -0.4 is 15.8 Å². The van der Waals surface area contributed by atoms with Crippen molar-refractivity contribution in [2.24, 2.45) is 0 Å². The Bertz CT molecular complexity index is 891. The van der Waals surface area contributed by atoms with Gasteiger partial charge in [-0.2, -0.15) is 4.31 Å². The molecule has 3 N–H and O–H groups in total. The first-order valence-corrected chi connectivity index (χ1v) is 10.5. The minimum Gasteiger partial charge on any atom is -0.459 e. The van der Waals surface area contributed by atoms with Crippen LogP contribution in [0.5, 0.6) is 0 Å². The Balaban J connectivity index is 1.42. The highest BCUT2D eigenvalue weighted by Crippen LogP contribution is 2.10. The van der Waals surface area contributed by atoms with Crippen LogP contribution in [0.2, 0.25) is 0 Å². The Kier molecular flexibility index (Phi) is 6.45. The molecule has 0 radical (unpaired) electrons. The number of quaternary nitrogens is 1. The predicted octanol–water partition coefficient (Wildman–Crippen LogP) is -1.23. The molecule has 0 saturated carbocycles. The molecular formula is C18H23N4O5S+. The van der Waals surface area contributed by atoms with E-state index in [1.165, 1.54) is 16.6 Å². The lowest BCUT2D eigenvalue weighted by molar-refractivity contribution is -0.895. The van der Waals surface area contributed by atoms with Gasteiger partial charge in [-0.1, -0.05) is 30.3 Å². The number of carbonyl (C=O) groups excluding carboxylic acids is 2. The van der Waals surface area contributed by atoms with Gasteiger partial charge in [0.25, 0.3) is 5.91 Å². The second kappa shape index (κ2) is 9.00. The molecule has 3 rings (SSSR count). The molecule has 28 heavy (non-hydrogen) atoms. The minimum absolute atomic E-state index is 0.0253. The van der Waals surface area contributed by atoms with E-state index in [2.05, 4.69) is 10.9 Å². The lowest BCUT2D eigenvalue weighted by Crippen LogP contribution is -3.16. The fourth-order valence-electron chi connectivity index (χ4n) is 3.00. The van der Waals surface area contributed by atoms with Crippen LogP contribution >= 0.6 is 0 Å². The average molecular weight is 407 g/mol. The van der Waals surface area contributed by atoms with E-state index in [1.807, 2.05) is 18.2 Å². The van der Waals surface area contributed by atoms with Gasteiger partial charge in [0.2, 0.25) is 10.0 Å². The van der Waals surface area contributed by atoms with Gasteiger partial charge in [0.05, 0.1) is 38.2 Å². The molecule has 2 aromatic rings. The summed E-state index contributed by atoms with van der Waals surface area (Å²) in [7, 11) is -3.38. The fraction of sp³-hybridized carbons (Fsp3) is 0.333. The van der Waals surface area contributed by atoms with Crippen LogP contribution in [0, 0.1) is 0 Å². The molecule has 1 fully saturated rings. The maximum absolute atomic E-state index is 12.6. The molecule has 1 aromatic heterocycles. The van der Waals surface area contributed by atoms with Gasteiger partial charge in [-0.25, -0.2) is 8.42 Å². The summed E-state index contributed by atoms with van der Waals surface area (Å²) in [6.07, 6.45) is 1.37. The van der Waals surface area contributed by atoms with Crippen LogP contribution in [0.3, 0.4) is 0 Å². The molecule has 1 aliphatic rings. The Morgan fingerprint density at radius 2 is 1.75 bits per heavy atom. The molecule has 2 amide bonds. The first-order chi connectivity index (χ1) is 13.4. The number of amides is 2. The highest BCUT2D eigenvalue weighted by Gasteiger charge is 2.30.